The lowest BCUT2D eigenvalue weighted by Gasteiger charge is -2.24. The van der Waals surface area contributed by atoms with Gasteiger partial charge in [-0.15, -0.1) is 6.58 Å². The van der Waals surface area contributed by atoms with Crippen LogP contribution in [0.4, 0.5) is 4.39 Å². The molecule has 0 spiro atoms. The molecule has 1 atom stereocenters. The topological polar surface area (TPSA) is 37.6 Å². The minimum absolute atomic E-state index is 0.203. The van der Waals surface area contributed by atoms with Crippen LogP contribution in [0.5, 0.6) is 0 Å². The third-order valence-corrected chi connectivity index (χ3v) is 4.89. The van der Waals surface area contributed by atoms with E-state index in [-0.39, 0.29) is 12.4 Å². The lowest BCUT2D eigenvalue weighted by Crippen LogP contribution is -2.35. The predicted octanol–water partition coefficient (Wildman–Crippen LogP) is 4.24. The zero-order valence-corrected chi connectivity index (χ0v) is 17.2. The predicted molar refractivity (Wildman–Crippen MR) is 118 cm³/mol. The third kappa shape index (κ3) is 6.66. The van der Waals surface area contributed by atoms with Crippen molar-refractivity contribution < 1.29 is 14.2 Å². The summed E-state index contributed by atoms with van der Waals surface area (Å²) in [5, 5.41) is 10.4. The normalized spacial score (nSPS) is 12.2. The Morgan fingerprint density at radius 3 is 2.60 bits per heavy atom. The first-order chi connectivity index (χ1) is 14.7. The molecule has 1 aromatic heterocycles. The molecule has 0 saturated heterocycles. The van der Waals surface area contributed by atoms with Crippen LogP contribution in [0.15, 0.2) is 85.6 Å². The molecule has 0 bridgehead atoms. The summed E-state index contributed by atoms with van der Waals surface area (Å²) >= 11 is 0. The average Bonchev–Trinajstić information content (AvgIpc) is 3.17. The largest absolute Gasteiger partial charge is 0.389 e. The number of hydrogen-bond donors (Lipinski definition) is 1. The Hall–Kier alpha value is -2.73. The summed E-state index contributed by atoms with van der Waals surface area (Å²) < 4.78 is 21.7. The molecule has 3 rings (SSSR count). The minimum Gasteiger partial charge on any atom is -0.389 e. The fraction of sp³-hybridized carbons (Fsp3) is 0.280. The second kappa shape index (κ2) is 11.5. The number of ether oxygens (including phenoxy) is 1. The number of aromatic nitrogens is 1. The lowest BCUT2D eigenvalue weighted by molar-refractivity contribution is 0.0101. The summed E-state index contributed by atoms with van der Waals surface area (Å²) in [6.07, 6.45) is 3.17. The molecule has 0 aliphatic heterocycles. The van der Waals surface area contributed by atoms with Crippen molar-refractivity contribution in [3.63, 3.8) is 0 Å². The van der Waals surface area contributed by atoms with E-state index in [1.807, 2.05) is 65.4 Å². The summed E-state index contributed by atoms with van der Waals surface area (Å²) in [6.45, 7) is 6.77. The first-order valence-corrected chi connectivity index (χ1v) is 10.2. The number of rotatable bonds is 12. The highest BCUT2D eigenvalue weighted by molar-refractivity contribution is 5.19. The highest BCUT2D eigenvalue weighted by Crippen LogP contribution is 2.13. The highest BCUT2D eigenvalue weighted by Gasteiger charge is 2.14. The van der Waals surface area contributed by atoms with Gasteiger partial charge in [0.1, 0.15) is 5.82 Å². The molecular weight excluding hydrogens is 379 g/mol. The standard InChI is InChI=1S/C25H29FN2O2/c1-2-14-27(18-24(29)20-30-19-21-9-4-3-5-10-21)17-23-12-8-15-28(23)16-22-11-6-7-13-25(22)26/h2-13,15,24,29H,1,14,16-20H2/t24-/m1/s1. The van der Waals surface area contributed by atoms with Gasteiger partial charge in [0, 0.05) is 37.1 Å². The van der Waals surface area contributed by atoms with Crippen LogP contribution in [0.3, 0.4) is 0 Å². The monoisotopic (exact) mass is 408 g/mol. The molecule has 0 saturated carbocycles. The van der Waals surface area contributed by atoms with Crippen molar-refractivity contribution in [1.82, 2.24) is 9.47 Å². The van der Waals surface area contributed by atoms with Crippen LogP contribution in [-0.2, 0) is 24.4 Å². The van der Waals surface area contributed by atoms with Crippen molar-refractivity contribution in [2.45, 2.75) is 25.8 Å². The summed E-state index contributed by atoms with van der Waals surface area (Å²) in [5.41, 5.74) is 2.79. The summed E-state index contributed by atoms with van der Waals surface area (Å²) in [4.78, 5) is 2.11. The number of nitrogens with zero attached hydrogens (tertiary/aromatic N) is 2. The molecule has 0 aliphatic carbocycles. The number of benzene rings is 2. The van der Waals surface area contributed by atoms with Gasteiger partial charge in [-0.1, -0.05) is 54.6 Å². The maximum Gasteiger partial charge on any atom is 0.128 e. The van der Waals surface area contributed by atoms with E-state index < -0.39 is 6.10 Å². The molecule has 4 nitrogen and oxygen atoms in total. The van der Waals surface area contributed by atoms with E-state index >= 15 is 0 Å². The maximum atomic E-state index is 14.0. The van der Waals surface area contributed by atoms with Gasteiger partial charge in [0.2, 0.25) is 0 Å². The van der Waals surface area contributed by atoms with E-state index in [0.717, 1.165) is 11.3 Å². The first-order valence-electron chi connectivity index (χ1n) is 10.2. The Kier molecular flexibility index (Phi) is 8.39. The molecule has 30 heavy (non-hydrogen) atoms. The molecule has 1 heterocycles. The molecule has 0 amide bonds. The fourth-order valence-corrected chi connectivity index (χ4v) is 3.41. The van der Waals surface area contributed by atoms with E-state index in [1.165, 1.54) is 6.07 Å². The van der Waals surface area contributed by atoms with Crippen molar-refractivity contribution in [3.8, 4) is 0 Å². The van der Waals surface area contributed by atoms with Gasteiger partial charge in [0.25, 0.3) is 0 Å². The van der Waals surface area contributed by atoms with Gasteiger partial charge in [0.15, 0.2) is 0 Å². The second-order valence-corrected chi connectivity index (χ2v) is 7.36. The Morgan fingerprint density at radius 2 is 1.83 bits per heavy atom. The van der Waals surface area contributed by atoms with Crippen molar-refractivity contribution in [1.29, 1.82) is 0 Å². The maximum absolute atomic E-state index is 14.0. The first kappa shape index (κ1) is 22.0. The van der Waals surface area contributed by atoms with Crippen molar-refractivity contribution in [2.75, 3.05) is 19.7 Å². The average molecular weight is 409 g/mol. The Morgan fingerprint density at radius 1 is 1.07 bits per heavy atom. The molecule has 0 radical (unpaired) electrons. The van der Waals surface area contributed by atoms with Crippen molar-refractivity contribution in [2.24, 2.45) is 0 Å². The highest BCUT2D eigenvalue weighted by atomic mass is 19.1. The molecule has 158 valence electrons. The zero-order valence-electron chi connectivity index (χ0n) is 17.2. The van der Waals surface area contributed by atoms with Crippen molar-refractivity contribution in [3.05, 3.63) is 108 Å². The summed E-state index contributed by atoms with van der Waals surface area (Å²) in [5.74, 6) is -0.203. The minimum atomic E-state index is -0.608. The number of hydrogen-bond acceptors (Lipinski definition) is 3. The number of aliphatic hydroxyl groups is 1. The molecular formula is C25H29FN2O2. The molecule has 2 aromatic carbocycles. The van der Waals surface area contributed by atoms with Gasteiger partial charge < -0.3 is 14.4 Å². The van der Waals surface area contributed by atoms with E-state index in [1.54, 1.807) is 12.1 Å². The Bertz CT molecular complexity index is 910. The molecule has 0 unspecified atom stereocenters. The van der Waals surface area contributed by atoms with E-state index in [4.69, 9.17) is 4.74 Å². The van der Waals surface area contributed by atoms with Gasteiger partial charge in [-0.25, -0.2) is 4.39 Å². The van der Waals surface area contributed by atoms with Crippen molar-refractivity contribution >= 4 is 0 Å². The Labute approximate surface area is 177 Å². The summed E-state index contributed by atoms with van der Waals surface area (Å²) in [6, 6.07) is 20.7. The van der Waals surface area contributed by atoms with E-state index in [9.17, 15) is 9.50 Å². The summed E-state index contributed by atoms with van der Waals surface area (Å²) in [7, 11) is 0. The smallest absolute Gasteiger partial charge is 0.128 e. The van der Waals surface area contributed by atoms with E-state index in [0.29, 0.717) is 38.3 Å². The SMILES string of the molecule is C=CCN(Cc1cccn1Cc1ccccc1F)C[C@@H](O)COCc1ccccc1. The Balaban J connectivity index is 1.54. The van der Waals surface area contributed by atoms with Gasteiger partial charge in [-0.2, -0.15) is 0 Å². The van der Waals surface area contributed by atoms with Crippen LogP contribution in [0.25, 0.3) is 0 Å². The third-order valence-electron chi connectivity index (χ3n) is 4.89. The van der Waals surface area contributed by atoms with Crippen LogP contribution in [0.2, 0.25) is 0 Å². The molecule has 0 aliphatic rings. The number of aliphatic hydroxyl groups excluding tert-OH is 1. The molecule has 5 heteroatoms. The van der Waals surface area contributed by atoms with Crippen LogP contribution < -0.4 is 0 Å². The van der Waals surface area contributed by atoms with Gasteiger partial charge >= 0.3 is 0 Å². The van der Waals surface area contributed by atoms with Gasteiger partial charge in [-0.3, -0.25) is 4.90 Å². The van der Waals surface area contributed by atoms with Crippen LogP contribution in [0.1, 0.15) is 16.8 Å². The second-order valence-electron chi connectivity index (χ2n) is 7.36. The zero-order chi connectivity index (χ0) is 21.2. The molecule has 3 aromatic rings. The van der Waals surface area contributed by atoms with Gasteiger partial charge in [0.05, 0.1) is 25.9 Å². The molecule has 1 N–H and O–H groups in total. The lowest BCUT2D eigenvalue weighted by atomic mass is 10.2. The quantitative estimate of drug-likeness (QED) is 0.456. The fourth-order valence-electron chi connectivity index (χ4n) is 3.41. The van der Waals surface area contributed by atoms with Crippen LogP contribution >= 0.6 is 0 Å². The van der Waals surface area contributed by atoms with Gasteiger partial charge in [-0.05, 0) is 23.8 Å². The van der Waals surface area contributed by atoms with Crippen LogP contribution in [0, 0.1) is 5.82 Å². The molecule has 0 fully saturated rings. The van der Waals surface area contributed by atoms with E-state index in [2.05, 4.69) is 11.5 Å². The van der Waals surface area contributed by atoms with Crippen LogP contribution in [-0.4, -0.2) is 40.4 Å². The number of halogens is 1.